The minimum atomic E-state index is -0.197. The third kappa shape index (κ3) is 4.19. The van der Waals surface area contributed by atoms with Gasteiger partial charge in [0, 0.05) is 6.54 Å². The standard InChI is InChI=1S/C21H21N3O2/c1-15-7-3-4-8-16(15)13-23-21(25)19-12-11-17(14-22-19)24-18-9-5-6-10-20(18)26-2/h3-12,14,24H,13H2,1-2H3,(H,23,25). The number of ether oxygens (including phenoxy) is 1. The lowest BCUT2D eigenvalue weighted by Gasteiger charge is -2.11. The second-order valence-electron chi connectivity index (χ2n) is 5.87. The number of para-hydroxylation sites is 2. The molecule has 0 saturated carbocycles. The maximum Gasteiger partial charge on any atom is 0.270 e. The highest BCUT2D eigenvalue weighted by Gasteiger charge is 2.08. The molecule has 5 nitrogen and oxygen atoms in total. The van der Waals surface area contributed by atoms with Gasteiger partial charge in [-0.25, -0.2) is 4.98 Å². The molecule has 0 radical (unpaired) electrons. The molecule has 0 unspecified atom stereocenters. The molecule has 3 aromatic rings. The van der Waals surface area contributed by atoms with E-state index in [9.17, 15) is 4.79 Å². The van der Waals surface area contributed by atoms with E-state index < -0.39 is 0 Å². The zero-order valence-corrected chi connectivity index (χ0v) is 14.8. The van der Waals surface area contributed by atoms with Crippen LogP contribution in [0.4, 0.5) is 11.4 Å². The number of benzene rings is 2. The van der Waals surface area contributed by atoms with E-state index in [1.54, 1.807) is 19.4 Å². The quantitative estimate of drug-likeness (QED) is 0.705. The highest BCUT2D eigenvalue weighted by molar-refractivity contribution is 5.92. The monoisotopic (exact) mass is 347 g/mol. The van der Waals surface area contributed by atoms with Crippen LogP contribution in [0, 0.1) is 6.92 Å². The zero-order valence-electron chi connectivity index (χ0n) is 14.8. The number of anilines is 2. The maximum absolute atomic E-state index is 12.3. The highest BCUT2D eigenvalue weighted by Crippen LogP contribution is 2.26. The van der Waals surface area contributed by atoms with Crippen molar-refractivity contribution in [2.75, 3.05) is 12.4 Å². The molecule has 2 N–H and O–H groups in total. The molecule has 1 amide bonds. The average Bonchev–Trinajstić information content (AvgIpc) is 2.68. The third-order valence-electron chi connectivity index (χ3n) is 4.08. The molecule has 0 atom stereocenters. The molecule has 5 heteroatoms. The summed E-state index contributed by atoms with van der Waals surface area (Å²) in [5.41, 5.74) is 4.25. The molecule has 0 fully saturated rings. The molecule has 0 spiro atoms. The van der Waals surface area contributed by atoms with E-state index in [0.717, 1.165) is 28.3 Å². The average molecular weight is 347 g/mol. The molecule has 26 heavy (non-hydrogen) atoms. The zero-order chi connectivity index (χ0) is 18.4. The van der Waals surface area contributed by atoms with Crippen LogP contribution in [0.25, 0.3) is 0 Å². The molecule has 0 aliphatic carbocycles. The molecule has 1 heterocycles. The lowest BCUT2D eigenvalue weighted by Crippen LogP contribution is -2.24. The second-order valence-corrected chi connectivity index (χ2v) is 5.87. The Balaban J connectivity index is 1.63. The SMILES string of the molecule is COc1ccccc1Nc1ccc(C(=O)NCc2ccccc2C)nc1. The van der Waals surface area contributed by atoms with E-state index in [4.69, 9.17) is 4.74 Å². The second kappa shape index (κ2) is 8.16. The summed E-state index contributed by atoms with van der Waals surface area (Å²) in [6.07, 6.45) is 1.63. The van der Waals surface area contributed by atoms with Gasteiger partial charge in [0.25, 0.3) is 5.91 Å². The van der Waals surface area contributed by atoms with E-state index >= 15 is 0 Å². The number of amides is 1. The summed E-state index contributed by atoms with van der Waals surface area (Å²) in [4.78, 5) is 16.5. The van der Waals surface area contributed by atoms with Gasteiger partial charge in [-0.2, -0.15) is 0 Å². The topological polar surface area (TPSA) is 63.2 Å². The summed E-state index contributed by atoms with van der Waals surface area (Å²) in [6, 6.07) is 19.1. The largest absolute Gasteiger partial charge is 0.495 e. The molecular formula is C21H21N3O2. The van der Waals surface area contributed by atoms with Crippen LogP contribution in [0.15, 0.2) is 66.9 Å². The van der Waals surface area contributed by atoms with E-state index in [1.165, 1.54) is 0 Å². The summed E-state index contributed by atoms with van der Waals surface area (Å²) < 4.78 is 5.32. The van der Waals surface area contributed by atoms with Gasteiger partial charge >= 0.3 is 0 Å². The number of nitrogens with zero attached hydrogens (tertiary/aromatic N) is 1. The fraction of sp³-hybridized carbons (Fsp3) is 0.143. The van der Waals surface area contributed by atoms with Crippen molar-refractivity contribution in [1.82, 2.24) is 10.3 Å². The summed E-state index contributed by atoms with van der Waals surface area (Å²) in [5, 5.41) is 6.14. The Bertz CT molecular complexity index is 892. The molecule has 0 aliphatic heterocycles. The van der Waals surface area contributed by atoms with Crippen molar-refractivity contribution in [1.29, 1.82) is 0 Å². The van der Waals surface area contributed by atoms with Gasteiger partial charge in [0.15, 0.2) is 0 Å². The Hall–Kier alpha value is -3.34. The summed E-state index contributed by atoms with van der Waals surface area (Å²) in [7, 11) is 1.63. The van der Waals surface area contributed by atoms with Gasteiger partial charge in [-0.15, -0.1) is 0 Å². The fourth-order valence-electron chi connectivity index (χ4n) is 2.58. The molecular weight excluding hydrogens is 326 g/mol. The first-order valence-corrected chi connectivity index (χ1v) is 8.36. The van der Waals surface area contributed by atoms with Crippen LogP contribution in [0.2, 0.25) is 0 Å². The number of aryl methyl sites for hydroxylation is 1. The molecule has 3 rings (SSSR count). The van der Waals surface area contributed by atoms with Crippen LogP contribution in [-0.2, 0) is 6.54 Å². The number of pyridine rings is 1. The number of rotatable bonds is 6. The highest BCUT2D eigenvalue weighted by atomic mass is 16.5. The van der Waals surface area contributed by atoms with Crippen LogP contribution in [-0.4, -0.2) is 18.0 Å². The van der Waals surface area contributed by atoms with Gasteiger partial charge in [0.2, 0.25) is 0 Å². The lowest BCUT2D eigenvalue weighted by atomic mass is 10.1. The van der Waals surface area contributed by atoms with Gasteiger partial charge in [-0.3, -0.25) is 4.79 Å². The van der Waals surface area contributed by atoms with Crippen LogP contribution < -0.4 is 15.4 Å². The molecule has 2 aromatic carbocycles. The molecule has 0 bridgehead atoms. The number of hydrogen-bond donors (Lipinski definition) is 2. The number of carbonyl (C=O) groups excluding carboxylic acids is 1. The van der Waals surface area contributed by atoms with Crippen molar-refractivity contribution < 1.29 is 9.53 Å². The number of nitrogens with one attached hydrogen (secondary N) is 2. The Kier molecular flexibility index (Phi) is 5.49. The third-order valence-corrected chi connectivity index (χ3v) is 4.08. The van der Waals surface area contributed by atoms with Crippen molar-refractivity contribution >= 4 is 17.3 Å². The van der Waals surface area contributed by atoms with Crippen molar-refractivity contribution in [2.24, 2.45) is 0 Å². The van der Waals surface area contributed by atoms with Crippen LogP contribution in [0.1, 0.15) is 21.6 Å². The van der Waals surface area contributed by atoms with Crippen molar-refractivity contribution in [3.63, 3.8) is 0 Å². The Labute approximate surface area is 153 Å². The predicted octanol–water partition coefficient (Wildman–Crippen LogP) is 4.07. The Morgan fingerprint density at radius 1 is 1.04 bits per heavy atom. The summed E-state index contributed by atoms with van der Waals surface area (Å²) in [6.45, 7) is 2.51. The van der Waals surface area contributed by atoms with Gasteiger partial charge in [0.1, 0.15) is 11.4 Å². The van der Waals surface area contributed by atoms with Crippen LogP contribution in [0.5, 0.6) is 5.75 Å². The van der Waals surface area contributed by atoms with Gasteiger partial charge in [-0.05, 0) is 42.3 Å². The minimum Gasteiger partial charge on any atom is -0.495 e. The first-order valence-electron chi connectivity index (χ1n) is 8.36. The van der Waals surface area contributed by atoms with E-state index in [2.05, 4.69) is 15.6 Å². The first-order chi connectivity index (χ1) is 12.7. The van der Waals surface area contributed by atoms with Crippen LogP contribution >= 0.6 is 0 Å². The molecule has 0 aliphatic rings. The van der Waals surface area contributed by atoms with Crippen molar-refractivity contribution in [3.8, 4) is 5.75 Å². The van der Waals surface area contributed by atoms with Crippen molar-refractivity contribution in [3.05, 3.63) is 83.7 Å². The van der Waals surface area contributed by atoms with E-state index in [-0.39, 0.29) is 5.91 Å². The van der Waals surface area contributed by atoms with Gasteiger partial charge < -0.3 is 15.4 Å². The van der Waals surface area contributed by atoms with Gasteiger partial charge in [-0.1, -0.05) is 36.4 Å². The number of hydrogen-bond acceptors (Lipinski definition) is 4. The van der Waals surface area contributed by atoms with Crippen molar-refractivity contribution in [2.45, 2.75) is 13.5 Å². The molecule has 0 saturated heterocycles. The number of methoxy groups -OCH3 is 1. The molecule has 1 aromatic heterocycles. The smallest absolute Gasteiger partial charge is 0.270 e. The lowest BCUT2D eigenvalue weighted by molar-refractivity contribution is 0.0946. The number of aromatic nitrogens is 1. The normalized spacial score (nSPS) is 10.2. The van der Waals surface area contributed by atoms with Gasteiger partial charge in [0.05, 0.1) is 24.7 Å². The Morgan fingerprint density at radius 2 is 1.81 bits per heavy atom. The first kappa shape index (κ1) is 17.5. The summed E-state index contributed by atoms with van der Waals surface area (Å²) in [5.74, 6) is 0.546. The number of carbonyl (C=O) groups is 1. The maximum atomic E-state index is 12.3. The molecule has 132 valence electrons. The minimum absolute atomic E-state index is 0.197. The fourth-order valence-corrected chi connectivity index (χ4v) is 2.58. The van der Waals surface area contributed by atoms with E-state index in [1.807, 2.05) is 61.5 Å². The van der Waals surface area contributed by atoms with Crippen LogP contribution in [0.3, 0.4) is 0 Å². The summed E-state index contributed by atoms with van der Waals surface area (Å²) >= 11 is 0. The van der Waals surface area contributed by atoms with E-state index in [0.29, 0.717) is 12.2 Å². The Morgan fingerprint density at radius 3 is 2.54 bits per heavy atom. The predicted molar refractivity (Wildman–Crippen MR) is 103 cm³/mol.